The summed E-state index contributed by atoms with van der Waals surface area (Å²) >= 11 is 1.83. The second-order valence-electron chi connectivity index (χ2n) is 8.10. The average Bonchev–Trinajstić information content (AvgIpc) is 3.40. The molecular formula is C23H31N5OS. The molecule has 0 bridgehead atoms. The van der Waals surface area contributed by atoms with Crippen LogP contribution in [0, 0.1) is 5.92 Å². The van der Waals surface area contributed by atoms with E-state index in [1.807, 2.05) is 36.6 Å². The number of thiophene rings is 1. The molecule has 1 fully saturated rings. The number of fused-ring (bicyclic) bond motifs is 1. The van der Waals surface area contributed by atoms with Gasteiger partial charge < -0.3 is 14.8 Å². The molecule has 4 rings (SSSR count). The molecule has 6 nitrogen and oxygen atoms in total. The van der Waals surface area contributed by atoms with E-state index in [0.29, 0.717) is 12.5 Å². The van der Waals surface area contributed by atoms with Crippen LogP contribution in [0.15, 0.2) is 41.8 Å². The Morgan fingerprint density at radius 3 is 2.77 bits per heavy atom. The maximum absolute atomic E-state index is 12.6. The van der Waals surface area contributed by atoms with E-state index in [9.17, 15) is 4.79 Å². The smallest absolute Gasteiger partial charge is 0.317 e. The number of hydrogen-bond donors (Lipinski definition) is 1. The number of amides is 2. The van der Waals surface area contributed by atoms with Crippen LogP contribution in [0.5, 0.6) is 0 Å². The van der Waals surface area contributed by atoms with Crippen molar-refractivity contribution in [1.82, 2.24) is 24.7 Å². The van der Waals surface area contributed by atoms with E-state index in [2.05, 4.69) is 45.3 Å². The summed E-state index contributed by atoms with van der Waals surface area (Å²) in [4.78, 5) is 23.1. The van der Waals surface area contributed by atoms with E-state index in [1.54, 1.807) is 4.90 Å². The highest BCUT2D eigenvalue weighted by Crippen LogP contribution is 2.20. The molecule has 160 valence electrons. The summed E-state index contributed by atoms with van der Waals surface area (Å²) in [6.07, 6.45) is 2.28. The van der Waals surface area contributed by atoms with Crippen molar-refractivity contribution in [1.29, 1.82) is 0 Å². The number of imidazole rings is 1. The standard InChI is InChI=1S/C23H31N5OS/c1-3-28-21-9-5-4-8-20(21)25-22(28)17-26(2)23(29)24-15-18-10-12-27(13-11-18)16-19-7-6-14-30-19/h4-9,14,18H,3,10-13,15-17H2,1-2H3,(H,24,29). The Bertz CT molecular complexity index is 959. The molecule has 0 atom stereocenters. The number of urea groups is 1. The number of carbonyl (C=O) groups is 1. The van der Waals surface area contributed by atoms with Crippen molar-refractivity contribution < 1.29 is 4.79 Å². The summed E-state index contributed by atoms with van der Waals surface area (Å²) in [7, 11) is 1.85. The lowest BCUT2D eigenvalue weighted by atomic mass is 9.97. The fraction of sp³-hybridized carbons (Fsp3) is 0.478. The van der Waals surface area contributed by atoms with Crippen LogP contribution >= 0.6 is 11.3 Å². The zero-order valence-corrected chi connectivity index (χ0v) is 18.7. The van der Waals surface area contributed by atoms with Gasteiger partial charge in [0.15, 0.2) is 0 Å². The molecule has 0 spiro atoms. The quantitative estimate of drug-likeness (QED) is 0.618. The first-order chi connectivity index (χ1) is 14.6. The lowest BCUT2D eigenvalue weighted by Gasteiger charge is -2.32. The molecule has 1 aliphatic heterocycles. The number of benzene rings is 1. The summed E-state index contributed by atoms with van der Waals surface area (Å²) in [6, 6.07) is 12.4. The van der Waals surface area contributed by atoms with Crippen molar-refractivity contribution in [3.63, 3.8) is 0 Å². The zero-order chi connectivity index (χ0) is 20.9. The van der Waals surface area contributed by atoms with Crippen LogP contribution in [0.2, 0.25) is 0 Å². The Hall–Kier alpha value is -2.38. The molecule has 1 saturated heterocycles. The van der Waals surface area contributed by atoms with Gasteiger partial charge in [-0.05, 0) is 62.4 Å². The molecule has 0 aliphatic carbocycles. The van der Waals surface area contributed by atoms with Gasteiger partial charge >= 0.3 is 6.03 Å². The molecule has 1 N–H and O–H groups in total. The third kappa shape index (κ3) is 4.84. The van der Waals surface area contributed by atoms with Crippen molar-refractivity contribution in [3.8, 4) is 0 Å². The predicted octanol–water partition coefficient (Wildman–Crippen LogP) is 4.17. The van der Waals surface area contributed by atoms with Crippen molar-refractivity contribution in [2.24, 2.45) is 5.92 Å². The maximum Gasteiger partial charge on any atom is 0.317 e. The van der Waals surface area contributed by atoms with Gasteiger partial charge in [0, 0.05) is 31.6 Å². The van der Waals surface area contributed by atoms with Crippen molar-refractivity contribution >= 4 is 28.4 Å². The van der Waals surface area contributed by atoms with Crippen molar-refractivity contribution in [2.45, 2.75) is 39.4 Å². The summed E-state index contributed by atoms with van der Waals surface area (Å²) < 4.78 is 2.18. The predicted molar refractivity (Wildman–Crippen MR) is 123 cm³/mol. The van der Waals surface area contributed by atoms with Gasteiger partial charge in [0.1, 0.15) is 5.82 Å². The number of likely N-dealkylation sites (tertiary alicyclic amines) is 1. The molecule has 30 heavy (non-hydrogen) atoms. The van der Waals surface area contributed by atoms with Crippen LogP contribution in [-0.4, -0.2) is 52.1 Å². The fourth-order valence-corrected chi connectivity index (χ4v) is 4.97. The number of piperidine rings is 1. The zero-order valence-electron chi connectivity index (χ0n) is 17.9. The number of aromatic nitrogens is 2. The van der Waals surface area contributed by atoms with Crippen LogP contribution < -0.4 is 5.32 Å². The van der Waals surface area contributed by atoms with Crippen LogP contribution in [0.25, 0.3) is 11.0 Å². The maximum atomic E-state index is 12.6. The Balaban J connectivity index is 1.25. The normalized spacial score (nSPS) is 15.5. The molecule has 2 amide bonds. The number of hydrogen-bond acceptors (Lipinski definition) is 4. The van der Waals surface area contributed by atoms with Gasteiger partial charge in [0.25, 0.3) is 0 Å². The average molecular weight is 426 g/mol. The van der Waals surface area contributed by atoms with Gasteiger partial charge in [-0.3, -0.25) is 4.90 Å². The topological polar surface area (TPSA) is 53.4 Å². The number of carbonyl (C=O) groups excluding carboxylic acids is 1. The van der Waals surface area contributed by atoms with Gasteiger partial charge in [-0.25, -0.2) is 9.78 Å². The van der Waals surface area contributed by atoms with Crippen LogP contribution in [-0.2, 0) is 19.6 Å². The number of nitrogens with one attached hydrogen (secondary N) is 1. The third-order valence-corrected chi connectivity index (χ3v) is 6.84. The SMILES string of the molecule is CCn1c(CN(C)C(=O)NCC2CCN(Cc3cccs3)CC2)nc2ccccc21. The van der Waals surface area contributed by atoms with E-state index in [1.165, 1.54) is 4.88 Å². The van der Waals surface area contributed by atoms with E-state index >= 15 is 0 Å². The highest BCUT2D eigenvalue weighted by atomic mass is 32.1. The highest BCUT2D eigenvalue weighted by molar-refractivity contribution is 7.09. The molecule has 3 aromatic rings. The van der Waals surface area contributed by atoms with Crippen LogP contribution in [0.1, 0.15) is 30.5 Å². The van der Waals surface area contributed by atoms with E-state index < -0.39 is 0 Å². The van der Waals surface area contributed by atoms with Crippen molar-refractivity contribution in [2.75, 3.05) is 26.7 Å². The van der Waals surface area contributed by atoms with E-state index in [0.717, 1.165) is 62.4 Å². The van der Waals surface area contributed by atoms with E-state index in [4.69, 9.17) is 4.98 Å². The second-order valence-corrected chi connectivity index (χ2v) is 9.13. The number of rotatable bonds is 7. The molecule has 1 aliphatic rings. The van der Waals surface area contributed by atoms with Gasteiger partial charge in [-0.2, -0.15) is 0 Å². The van der Waals surface area contributed by atoms with Gasteiger partial charge in [-0.15, -0.1) is 11.3 Å². The Morgan fingerprint density at radius 2 is 2.03 bits per heavy atom. The highest BCUT2D eigenvalue weighted by Gasteiger charge is 2.21. The first kappa shape index (κ1) is 20.9. The van der Waals surface area contributed by atoms with E-state index in [-0.39, 0.29) is 6.03 Å². The fourth-order valence-electron chi connectivity index (χ4n) is 4.22. The molecular weight excluding hydrogens is 394 g/mol. The first-order valence-corrected chi connectivity index (χ1v) is 11.7. The minimum absolute atomic E-state index is 0.0225. The summed E-state index contributed by atoms with van der Waals surface area (Å²) in [5.74, 6) is 1.49. The molecule has 3 heterocycles. The molecule has 0 radical (unpaired) electrons. The molecule has 2 aromatic heterocycles. The molecule has 0 saturated carbocycles. The van der Waals surface area contributed by atoms with Crippen LogP contribution in [0.3, 0.4) is 0 Å². The van der Waals surface area contributed by atoms with Crippen molar-refractivity contribution in [3.05, 3.63) is 52.5 Å². The molecule has 0 unspecified atom stereocenters. The molecule has 7 heteroatoms. The summed E-state index contributed by atoms with van der Waals surface area (Å²) in [6.45, 7) is 7.48. The van der Waals surface area contributed by atoms with Crippen LogP contribution in [0.4, 0.5) is 4.79 Å². The number of para-hydroxylation sites is 2. The Kier molecular flexibility index (Phi) is 6.69. The first-order valence-electron chi connectivity index (χ1n) is 10.8. The van der Waals surface area contributed by atoms with Gasteiger partial charge in [0.05, 0.1) is 17.6 Å². The Morgan fingerprint density at radius 1 is 1.23 bits per heavy atom. The summed E-state index contributed by atoms with van der Waals surface area (Å²) in [5, 5.41) is 5.28. The second kappa shape index (κ2) is 9.62. The lowest BCUT2D eigenvalue weighted by molar-refractivity contribution is 0.171. The van der Waals surface area contributed by atoms with Gasteiger partial charge in [-0.1, -0.05) is 18.2 Å². The minimum atomic E-state index is -0.0225. The monoisotopic (exact) mass is 425 g/mol. The Labute approximate surface area is 182 Å². The largest absolute Gasteiger partial charge is 0.338 e. The minimum Gasteiger partial charge on any atom is -0.338 e. The van der Waals surface area contributed by atoms with Gasteiger partial charge in [0.2, 0.25) is 0 Å². The summed E-state index contributed by atoms with van der Waals surface area (Å²) in [5.41, 5.74) is 2.11. The third-order valence-electron chi connectivity index (χ3n) is 5.98. The molecule has 1 aromatic carbocycles. The number of nitrogens with zero attached hydrogens (tertiary/aromatic N) is 4. The number of aryl methyl sites for hydroxylation is 1. The lowest BCUT2D eigenvalue weighted by Crippen LogP contribution is -2.42.